The van der Waals surface area contributed by atoms with Crippen LogP contribution in [0.1, 0.15) is 91.0 Å². The van der Waals surface area contributed by atoms with Gasteiger partial charge in [0.1, 0.15) is 0 Å². The van der Waals surface area contributed by atoms with E-state index in [2.05, 4.69) is 52.4 Å². The average Bonchev–Trinajstić information content (AvgIpc) is 2.79. The molecule has 0 spiro atoms. The minimum absolute atomic E-state index is 0.199. The lowest BCUT2D eigenvalue weighted by Crippen LogP contribution is -2.21. The van der Waals surface area contributed by atoms with Gasteiger partial charge in [-0.25, -0.2) is 4.98 Å². The van der Waals surface area contributed by atoms with Crippen LogP contribution >= 0.6 is 0 Å². The molecule has 0 aliphatic carbocycles. The lowest BCUT2D eigenvalue weighted by Gasteiger charge is -2.26. The van der Waals surface area contributed by atoms with Crippen LogP contribution in [0.25, 0.3) is 0 Å². The molecule has 0 aliphatic heterocycles. The van der Waals surface area contributed by atoms with E-state index in [1.54, 1.807) is 0 Å². The Balaban J connectivity index is 3.13. The van der Waals surface area contributed by atoms with Crippen molar-refractivity contribution in [1.82, 2.24) is 9.55 Å². The van der Waals surface area contributed by atoms with Gasteiger partial charge in [-0.3, -0.25) is 0 Å². The molecular formula is C17H32N2. The minimum atomic E-state index is 0.199. The molecule has 1 aromatic heterocycles. The molecule has 0 bridgehead atoms. The Morgan fingerprint density at radius 3 is 2.42 bits per heavy atom. The van der Waals surface area contributed by atoms with Crippen molar-refractivity contribution in [3.63, 3.8) is 0 Å². The van der Waals surface area contributed by atoms with Crippen molar-refractivity contribution in [2.75, 3.05) is 0 Å². The van der Waals surface area contributed by atoms with Crippen molar-refractivity contribution < 1.29 is 0 Å². The van der Waals surface area contributed by atoms with Gasteiger partial charge in [0.15, 0.2) is 0 Å². The molecule has 0 aliphatic rings. The summed E-state index contributed by atoms with van der Waals surface area (Å²) in [6.45, 7) is 14.9. The van der Waals surface area contributed by atoms with Crippen molar-refractivity contribution >= 4 is 0 Å². The Morgan fingerprint density at radius 1 is 1.21 bits per heavy atom. The molecule has 2 heteroatoms. The molecule has 1 aromatic rings. The van der Waals surface area contributed by atoms with E-state index < -0.39 is 0 Å². The van der Waals surface area contributed by atoms with Crippen LogP contribution in [0.5, 0.6) is 0 Å². The molecule has 0 amide bonds. The van der Waals surface area contributed by atoms with E-state index in [0.717, 1.165) is 6.54 Å². The van der Waals surface area contributed by atoms with Gasteiger partial charge in [-0.2, -0.15) is 0 Å². The van der Waals surface area contributed by atoms with Gasteiger partial charge in [0, 0.05) is 17.7 Å². The van der Waals surface area contributed by atoms with Crippen LogP contribution in [-0.2, 0) is 12.0 Å². The Kier molecular flexibility index (Phi) is 6.09. The molecule has 110 valence electrons. The summed E-state index contributed by atoms with van der Waals surface area (Å²) in [5.74, 6) is 0.602. The molecule has 1 atom stereocenters. The molecule has 0 radical (unpaired) electrons. The molecule has 19 heavy (non-hydrogen) atoms. The van der Waals surface area contributed by atoms with Crippen LogP contribution < -0.4 is 0 Å². The zero-order chi connectivity index (χ0) is 14.5. The van der Waals surface area contributed by atoms with Gasteiger partial charge < -0.3 is 4.57 Å². The topological polar surface area (TPSA) is 17.8 Å². The second-order valence-corrected chi connectivity index (χ2v) is 6.47. The van der Waals surface area contributed by atoms with Gasteiger partial charge in [-0.1, -0.05) is 54.4 Å². The number of aryl methyl sites for hydroxylation is 1. The Labute approximate surface area is 119 Å². The van der Waals surface area contributed by atoms with Crippen LogP contribution in [0.15, 0.2) is 6.33 Å². The summed E-state index contributed by atoms with van der Waals surface area (Å²) in [5.41, 5.74) is 3.01. The lowest BCUT2D eigenvalue weighted by atomic mass is 9.81. The Bertz CT molecular complexity index is 377. The number of aromatic nitrogens is 2. The van der Waals surface area contributed by atoms with Crippen LogP contribution in [0.3, 0.4) is 0 Å². The summed E-state index contributed by atoms with van der Waals surface area (Å²) >= 11 is 0. The first-order valence-corrected chi connectivity index (χ1v) is 8.03. The molecule has 0 fully saturated rings. The van der Waals surface area contributed by atoms with Crippen molar-refractivity contribution in [3.05, 3.63) is 17.7 Å². The second kappa shape index (κ2) is 7.12. The van der Waals surface area contributed by atoms with Gasteiger partial charge in [-0.15, -0.1) is 0 Å². The van der Waals surface area contributed by atoms with Crippen LogP contribution in [-0.4, -0.2) is 9.55 Å². The van der Waals surface area contributed by atoms with Crippen molar-refractivity contribution in [2.24, 2.45) is 0 Å². The molecule has 0 N–H and O–H groups in total. The Hall–Kier alpha value is -0.790. The third-order valence-electron chi connectivity index (χ3n) is 4.23. The number of imidazole rings is 1. The summed E-state index contributed by atoms with van der Waals surface area (Å²) in [6.07, 6.45) is 8.17. The number of hydrogen-bond donors (Lipinski definition) is 0. The smallest absolute Gasteiger partial charge is 0.0951 e. The highest BCUT2D eigenvalue weighted by Crippen LogP contribution is 2.34. The van der Waals surface area contributed by atoms with Crippen molar-refractivity contribution in [2.45, 2.75) is 91.5 Å². The molecule has 1 heterocycles. The normalized spacial score (nSPS) is 13.8. The van der Waals surface area contributed by atoms with E-state index in [-0.39, 0.29) is 5.41 Å². The summed E-state index contributed by atoms with van der Waals surface area (Å²) in [4.78, 5) is 4.79. The van der Waals surface area contributed by atoms with Crippen LogP contribution in [0.2, 0.25) is 0 Å². The predicted molar refractivity (Wildman–Crippen MR) is 83.8 cm³/mol. The van der Waals surface area contributed by atoms with Gasteiger partial charge >= 0.3 is 0 Å². The summed E-state index contributed by atoms with van der Waals surface area (Å²) in [6, 6.07) is 0. The third kappa shape index (κ3) is 3.84. The van der Waals surface area contributed by atoms with Crippen LogP contribution in [0.4, 0.5) is 0 Å². The first-order chi connectivity index (χ1) is 8.97. The van der Waals surface area contributed by atoms with E-state index in [9.17, 15) is 0 Å². The zero-order valence-electron chi connectivity index (χ0n) is 13.8. The fourth-order valence-corrected chi connectivity index (χ4v) is 2.87. The first-order valence-electron chi connectivity index (χ1n) is 8.03. The quantitative estimate of drug-likeness (QED) is 0.625. The zero-order valence-corrected chi connectivity index (χ0v) is 13.8. The molecule has 0 saturated heterocycles. The SMILES string of the molecule is CCCCn1cnc(C(C)(C)CCC)c1C(C)CC. The van der Waals surface area contributed by atoms with Gasteiger partial charge in [0.2, 0.25) is 0 Å². The number of rotatable bonds is 8. The maximum Gasteiger partial charge on any atom is 0.0951 e. The van der Waals surface area contributed by atoms with Crippen molar-refractivity contribution in [1.29, 1.82) is 0 Å². The van der Waals surface area contributed by atoms with Crippen LogP contribution in [0, 0.1) is 0 Å². The highest BCUT2D eigenvalue weighted by molar-refractivity contribution is 5.25. The molecule has 1 rings (SSSR count). The molecule has 0 saturated carbocycles. The van der Waals surface area contributed by atoms with E-state index in [1.807, 2.05) is 0 Å². The Morgan fingerprint density at radius 2 is 1.89 bits per heavy atom. The molecule has 2 nitrogen and oxygen atoms in total. The number of nitrogens with zero attached hydrogens (tertiary/aromatic N) is 2. The molecular weight excluding hydrogens is 232 g/mol. The minimum Gasteiger partial charge on any atom is -0.334 e. The maximum atomic E-state index is 4.79. The number of hydrogen-bond acceptors (Lipinski definition) is 1. The van der Waals surface area contributed by atoms with Gasteiger partial charge in [0.25, 0.3) is 0 Å². The monoisotopic (exact) mass is 264 g/mol. The van der Waals surface area contributed by atoms with E-state index >= 15 is 0 Å². The van der Waals surface area contributed by atoms with E-state index in [4.69, 9.17) is 4.98 Å². The second-order valence-electron chi connectivity index (χ2n) is 6.47. The lowest BCUT2D eigenvalue weighted by molar-refractivity contribution is 0.448. The first kappa shape index (κ1) is 16.3. The number of unbranched alkanes of at least 4 members (excludes halogenated alkanes) is 1. The maximum absolute atomic E-state index is 4.79. The van der Waals surface area contributed by atoms with E-state index in [1.165, 1.54) is 43.5 Å². The van der Waals surface area contributed by atoms with Gasteiger partial charge in [-0.05, 0) is 25.2 Å². The average molecular weight is 264 g/mol. The third-order valence-corrected chi connectivity index (χ3v) is 4.23. The molecule has 1 unspecified atom stereocenters. The predicted octanol–water partition coefficient (Wildman–Crippen LogP) is 5.27. The fourth-order valence-electron chi connectivity index (χ4n) is 2.87. The summed E-state index contributed by atoms with van der Waals surface area (Å²) in [7, 11) is 0. The summed E-state index contributed by atoms with van der Waals surface area (Å²) < 4.78 is 2.41. The van der Waals surface area contributed by atoms with Gasteiger partial charge in [0.05, 0.1) is 12.0 Å². The van der Waals surface area contributed by atoms with Crippen molar-refractivity contribution in [3.8, 4) is 0 Å². The molecule has 0 aromatic carbocycles. The highest BCUT2D eigenvalue weighted by Gasteiger charge is 2.28. The fraction of sp³-hybridized carbons (Fsp3) is 0.824. The van der Waals surface area contributed by atoms with E-state index in [0.29, 0.717) is 5.92 Å². The standard InChI is InChI=1S/C17H32N2/c1-7-10-12-19-13-18-16(15(19)14(4)9-3)17(5,6)11-8-2/h13-14H,7-12H2,1-6H3. The highest BCUT2D eigenvalue weighted by atomic mass is 15.1. The largest absolute Gasteiger partial charge is 0.334 e. The summed E-state index contributed by atoms with van der Waals surface area (Å²) in [5, 5.41) is 0.